The van der Waals surface area contributed by atoms with E-state index in [1.54, 1.807) is 7.11 Å². The van der Waals surface area contributed by atoms with Gasteiger partial charge in [-0.1, -0.05) is 25.1 Å². The molecule has 0 spiro atoms. The zero-order chi connectivity index (χ0) is 13.7. The Morgan fingerprint density at radius 3 is 2.74 bits per heavy atom. The summed E-state index contributed by atoms with van der Waals surface area (Å²) in [7, 11) is 3.97. The van der Waals surface area contributed by atoms with Gasteiger partial charge in [-0.25, -0.2) is 0 Å². The van der Waals surface area contributed by atoms with Crippen LogP contribution >= 0.6 is 0 Å². The van der Waals surface area contributed by atoms with E-state index >= 15 is 0 Å². The first kappa shape index (κ1) is 14.4. The van der Waals surface area contributed by atoms with E-state index in [1.165, 1.54) is 24.9 Å². The van der Waals surface area contributed by atoms with Crippen LogP contribution in [0.1, 0.15) is 31.4 Å². The molecule has 0 bridgehead atoms. The summed E-state index contributed by atoms with van der Waals surface area (Å²) in [5, 5.41) is 3.58. The second kappa shape index (κ2) is 6.92. The number of nitrogens with zero attached hydrogens (tertiary/aromatic N) is 1. The molecule has 2 rings (SSSR count). The first-order valence-electron chi connectivity index (χ1n) is 7.29. The van der Waals surface area contributed by atoms with E-state index in [2.05, 4.69) is 36.3 Å². The average molecular weight is 262 g/mol. The van der Waals surface area contributed by atoms with Crippen molar-refractivity contribution in [3.05, 3.63) is 29.8 Å². The molecule has 0 radical (unpaired) electrons. The number of hydrogen-bond acceptors (Lipinski definition) is 3. The molecule has 0 amide bonds. The second-order valence-corrected chi connectivity index (χ2v) is 5.52. The highest BCUT2D eigenvalue weighted by Crippen LogP contribution is 2.30. The van der Waals surface area contributed by atoms with E-state index < -0.39 is 0 Å². The van der Waals surface area contributed by atoms with Crippen molar-refractivity contribution in [3.8, 4) is 5.75 Å². The molecule has 1 aliphatic carbocycles. The number of methoxy groups -OCH3 is 1. The van der Waals surface area contributed by atoms with Crippen molar-refractivity contribution in [1.82, 2.24) is 10.2 Å². The fourth-order valence-electron chi connectivity index (χ4n) is 2.60. The molecule has 1 unspecified atom stereocenters. The van der Waals surface area contributed by atoms with Crippen molar-refractivity contribution in [2.45, 2.75) is 25.8 Å². The third-order valence-electron chi connectivity index (χ3n) is 3.73. The minimum atomic E-state index is 0.338. The maximum Gasteiger partial charge on any atom is 0.123 e. The highest BCUT2D eigenvalue weighted by molar-refractivity contribution is 5.36. The maximum absolute atomic E-state index is 5.49. The van der Waals surface area contributed by atoms with Gasteiger partial charge in [0.15, 0.2) is 0 Å². The fourth-order valence-corrected chi connectivity index (χ4v) is 2.60. The van der Waals surface area contributed by atoms with Gasteiger partial charge in [0.25, 0.3) is 0 Å². The topological polar surface area (TPSA) is 24.5 Å². The molecule has 106 valence electrons. The second-order valence-electron chi connectivity index (χ2n) is 5.52. The van der Waals surface area contributed by atoms with Crippen LogP contribution in [0.25, 0.3) is 0 Å². The van der Waals surface area contributed by atoms with Gasteiger partial charge < -0.3 is 15.0 Å². The average Bonchev–Trinajstić information content (AvgIpc) is 3.22. The van der Waals surface area contributed by atoms with Crippen LogP contribution in [0, 0.1) is 5.92 Å². The minimum Gasteiger partial charge on any atom is -0.496 e. The molecular weight excluding hydrogens is 236 g/mol. The predicted octanol–water partition coefficient (Wildman–Crippen LogP) is 2.69. The molecule has 1 atom stereocenters. The molecule has 1 aromatic rings. The van der Waals surface area contributed by atoms with E-state index in [0.717, 1.165) is 24.8 Å². The summed E-state index contributed by atoms with van der Waals surface area (Å²) < 4.78 is 5.49. The standard InChI is InChI=1S/C16H26N2O/c1-4-17-15(12-18(2)11-13-9-10-13)14-7-5-6-8-16(14)19-3/h5-8,13,15,17H,4,9-12H2,1-3H3. The van der Waals surface area contributed by atoms with Crippen LogP contribution in [0.3, 0.4) is 0 Å². The van der Waals surface area contributed by atoms with Gasteiger partial charge in [-0.3, -0.25) is 0 Å². The minimum absolute atomic E-state index is 0.338. The third-order valence-corrected chi connectivity index (χ3v) is 3.73. The van der Waals surface area contributed by atoms with Gasteiger partial charge in [0.2, 0.25) is 0 Å². The van der Waals surface area contributed by atoms with Gasteiger partial charge in [0.05, 0.1) is 7.11 Å². The Morgan fingerprint density at radius 1 is 1.37 bits per heavy atom. The van der Waals surface area contributed by atoms with Crippen LogP contribution in [0.5, 0.6) is 5.75 Å². The van der Waals surface area contributed by atoms with E-state index in [0.29, 0.717) is 6.04 Å². The van der Waals surface area contributed by atoms with Crippen LogP contribution in [-0.2, 0) is 0 Å². The number of benzene rings is 1. The molecule has 1 fully saturated rings. The number of nitrogens with one attached hydrogen (secondary N) is 1. The summed E-state index contributed by atoms with van der Waals surface area (Å²) in [6, 6.07) is 8.66. The maximum atomic E-state index is 5.49. The first-order chi connectivity index (χ1) is 9.24. The van der Waals surface area contributed by atoms with Gasteiger partial charge in [-0.05, 0) is 38.4 Å². The quantitative estimate of drug-likeness (QED) is 0.779. The molecule has 3 heteroatoms. The van der Waals surface area contributed by atoms with Gasteiger partial charge in [0.1, 0.15) is 5.75 Å². The number of para-hydroxylation sites is 1. The molecule has 19 heavy (non-hydrogen) atoms. The van der Waals surface area contributed by atoms with Crippen molar-refractivity contribution in [2.24, 2.45) is 5.92 Å². The lowest BCUT2D eigenvalue weighted by Crippen LogP contribution is -2.34. The van der Waals surface area contributed by atoms with Crippen molar-refractivity contribution < 1.29 is 4.74 Å². The first-order valence-corrected chi connectivity index (χ1v) is 7.29. The normalized spacial score (nSPS) is 16.6. The summed E-state index contributed by atoms with van der Waals surface area (Å²) in [5.74, 6) is 1.92. The van der Waals surface area contributed by atoms with Crippen LogP contribution < -0.4 is 10.1 Å². The van der Waals surface area contributed by atoms with E-state index in [9.17, 15) is 0 Å². The Balaban J connectivity index is 2.04. The molecule has 0 aliphatic heterocycles. The largest absolute Gasteiger partial charge is 0.496 e. The zero-order valence-electron chi connectivity index (χ0n) is 12.4. The van der Waals surface area contributed by atoms with Gasteiger partial charge >= 0.3 is 0 Å². The van der Waals surface area contributed by atoms with Crippen molar-refractivity contribution in [3.63, 3.8) is 0 Å². The Morgan fingerprint density at radius 2 is 2.11 bits per heavy atom. The highest BCUT2D eigenvalue weighted by Gasteiger charge is 2.24. The SMILES string of the molecule is CCNC(CN(C)CC1CC1)c1ccccc1OC. The Hall–Kier alpha value is -1.06. The van der Waals surface area contributed by atoms with Crippen LogP contribution in [-0.4, -0.2) is 38.7 Å². The fraction of sp³-hybridized carbons (Fsp3) is 0.625. The highest BCUT2D eigenvalue weighted by atomic mass is 16.5. The van der Waals surface area contributed by atoms with Crippen molar-refractivity contribution in [1.29, 1.82) is 0 Å². The number of hydrogen-bond donors (Lipinski definition) is 1. The third kappa shape index (κ3) is 4.22. The summed E-state index contributed by atoms with van der Waals surface area (Å²) in [4.78, 5) is 2.44. The molecule has 1 N–H and O–H groups in total. The Kier molecular flexibility index (Phi) is 5.23. The summed E-state index contributed by atoms with van der Waals surface area (Å²) in [6.45, 7) is 5.38. The molecule has 3 nitrogen and oxygen atoms in total. The van der Waals surface area contributed by atoms with Crippen molar-refractivity contribution >= 4 is 0 Å². The smallest absolute Gasteiger partial charge is 0.123 e. The van der Waals surface area contributed by atoms with E-state index in [1.807, 2.05) is 12.1 Å². The van der Waals surface area contributed by atoms with Gasteiger partial charge in [0, 0.05) is 24.7 Å². The monoisotopic (exact) mass is 262 g/mol. The number of likely N-dealkylation sites (N-methyl/N-ethyl adjacent to an activating group) is 2. The lowest BCUT2D eigenvalue weighted by molar-refractivity contribution is 0.278. The van der Waals surface area contributed by atoms with Gasteiger partial charge in [-0.15, -0.1) is 0 Å². The molecule has 0 heterocycles. The number of rotatable bonds is 8. The van der Waals surface area contributed by atoms with Crippen LogP contribution in [0.15, 0.2) is 24.3 Å². The summed E-state index contributed by atoms with van der Waals surface area (Å²) >= 11 is 0. The van der Waals surface area contributed by atoms with Crippen LogP contribution in [0.4, 0.5) is 0 Å². The Labute approximate surface area is 116 Å². The van der Waals surface area contributed by atoms with E-state index in [4.69, 9.17) is 4.74 Å². The molecular formula is C16H26N2O. The molecule has 0 aromatic heterocycles. The van der Waals surface area contributed by atoms with E-state index in [-0.39, 0.29) is 0 Å². The molecule has 1 saturated carbocycles. The van der Waals surface area contributed by atoms with Crippen LogP contribution in [0.2, 0.25) is 0 Å². The summed E-state index contributed by atoms with van der Waals surface area (Å²) in [6.07, 6.45) is 2.82. The lowest BCUT2D eigenvalue weighted by atomic mass is 10.0. The molecule has 1 aromatic carbocycles. The Bertz CT molecular complexity index is 390. The zero-order valence-corrected chi connectivity index (χ0v) is 12.4. The molecule has 1 aliphatic rings. The summed E-state index contributed by atoms with van der Waals surface area (Å²) in [5.41, 5.74) is 1.26. The predicted molar refractivity (Wildman–Crippen MR) is 79.6 cm³/mol. The lowest BCUT2D eigenvalue weighted by Gasteiger charge is -2.26. The van der Waals surface area contributed by atoms with Crippen molar-refractivity contribution in [2.75, 3.05) is 33.8 Å². The molecule has 0 saturated heterocycles. The number of ether oxygens (including phenoxy) is 1. The van der Waals surface area contributed by atoms with Gasteiger partial charge in [-0.2, -0.15) is 0 Å².